The third-order valence-electron chi connectivity index (χ3n) is 4.79. The summed E-state index contributed by atoms with van der Waals surface area (Å²) in [6.45, 7) is 3.06. The standard InChI is InChI=1S/C19H26N4O3S/c1-15-14-18(22(2)21-15)20-19(24)11-8-16-6-9-17(10-7-16)27(25,26)23-12-4-3-5-13-23/h6-7,9-10,14H,3-5,8,11-13H2,1-2H3,(H,20,24). The molecule has 0 radical (unpaired) electrons. The van der Waals surface area contributed by atoms with Gasteiger partial charge in [-0.3, -0.25) is 9.48 Å². The molecule has 0 bridgehead atoms. The van der Waals surface area contributed by atoms with Crippen LogP contribution in [-0.2, 0) is 28.3 Å². The lowest BCUT2D eigenvalue weighted by Crippen LogP contribution is -2.35. The lowest BCUT2D eigenvalue weighted by atomic mass is 10.1. The molecule has 3 rings (SSSR count). The van der Waals surface area contributed by atoms with Crippen molar-refractivity contribution in [1.29, 1.82) is 0 Å². The Bertz CT molecular complexity index is 898. The van der Waals surface area contributed by atoms with E-state index in [4.69, 9.17) is 0 Å². The van der Waals surface area contributed by atoms with Gasteiger partial charge in [-0.2, -0.15) is 9.40 Å². The molecule has 27 heavy (non-hydrogen) atoms. The van der Waals surface area contributed by atoms with Gasteiger partial charge in [0.05, 0.1) is 10.6 Å². The maximum atomic E-state index is 12.7. The number of piperidine rings is 1. The lowest BCUT2D eigenvalue weighted by Gasteiger charge is -2.25. The molecular weight excluding hydrogens is 364 g/mol. The molecule has 1 amide bonds. The molecule has 1 saturated heterocycles. The Balaban J connectivity index is 1.57. The van der Waals surface area contributed by atoms with Crippen molar-refractivity contribution in [1.82, 2.24) is 14.1 Å². The van der Waals surface area contributed by atoms with Gasteiger partial charge in [-0.15, -0.1) is 0 Å². The van der Waals surface area contributed by atoms with Crippen LogP contribution in [0.4, 0.5) is 5.82 Å². The largest absolute Gasteiger partial charge is 0.311 e. The van der Waals surface area contributed by atoms with Gasteiger partial charge < -0.3 is 5.32 Å². The topological polar surface area (TPSA) is 84.3 Å². The molecule has 8 heteroatoms. The van der Waals surface area contributed by atoms with E-state index >= 15 is 0 Å². The second-order valence-electron chi connectivity index (χ2n) is 6.95. The van der Waals surface area contributed by atoms with E-state index in [1.807, 2.05) is 13.0 Å². The number of amides is 1. The normalized spacial score (nSPS) is 15.6. The molecule has 0 aliphatic carbocycles. The average molecular weight is 391 g/mol. The average Bonchev–Trinajstić information content (AvgIpc) is 2.98. The SMILES string of the molecule is Cc1cc(NC(=O)CCc2ccc(S(=O)(=O)N3CCCCC3)cc2)n(C)n1. The van der Waals surface area contributed by atoms with Crippen LogP contribution in [0.15, 0.2) is 35.2 Å². The lowest BCUT2D eigenvalue weighted by molar-refractivity contribution is -0.116. The minimum atomic E-state index is -3.41. The molecular formula is C19H26N4O3S. The molecule has 1 aromatic carbocycles. The number of carbonyl (C=O) groups excluding carboxylic acids is 1. The van der Waals surface area contributed by atoms with Crippen LogP contribution in [0.1, 0.15) is 36.9 Å². The van der Waals surface area contributed by atoms with Crippen LogP contribution in [0.5, 0.6) is 0 Å². The van der Waals surface area contributed by atoms with Crippen LogP contribution in [0, 0.1) is 6.92 Å². The monoisotopic (exact) mass is 390 g/mol. The van der Waals surface area contributed by atoms with Gasteiger partial charge in [-0.05, 0) is 43.9 Å². The van der Waals surface area contributed by atoms with Gasteiger partial charge in [-0.25, -0.2) is 8.42 Å². The van der Waals surface area contributed by atoms with Gasteiger partial charge in [0.15, 0.2) is 0 Å². The predicted molar refractivity (Wildman–Crippen MR) is 104 cm³/mol. The first kappa shape index (κ1) is 19.6. The summed E-state index contributed by atoms with van der Waals surface area (Å²) >= 11 is 0. The predicted octanol–water partition coefficient (Wildman–Crippen LogP) is 2.47. The van der Waals surface area contributed by atoms with Gasteiger partial charge in [0.25, 0.3) is 0 Å². The number of aryl methyl sites for hydroxylation is 3. The van der Waals surface area contributed by atoms with Gasteiger partial charge in [0, 0.05) is 32.6 Å². The van der Waals surface area contributed by atoms with E-state index in [1.54, 1.807) is 40.3 Å². The Hall–Kier alpha value is -2.19. The first-order chi connectivity index (χ1) is 12.9. The number of nitrogens with zero attached hydrogens (tertiary/aromatic N) is 3. The number of carbonyl (C=O) groups is 1. The van der Waals surface area contributed by atoms with Crippen LogP contribution in [-0.4, -0.2) is 41.5 Å². The second kappa shape index (κ2) is 8.22. The number of sulfonamides is 1. The summed E-state index contributed by atoms with van der Waals surface area (Å²) in [5.74, 6) is 0.573. The first-order valence-electron chi connectivity index (χ1n) is 9.26. The second-order valence-corrected chi connectivity index (χ2v) is 8.89. The number of hydrogen-bond donors (Lipinski definition) is 1. The molecule has 2 heterocycles. The molecule has 0 atom stereocenters. The Kier molecular flexibility index (Phi) is 5.96. The van der Waals surface area contributed by atoms with Crippen LogP contribution in [0.3, 0.4) is 0 Å². The van der Waals surface area contributed by atoms with Crippen molar-refractivity contribution in [3.63, 3.8) is 0 Å². The van der Waals surface area contributed by atoms with E-state index < -0.39 is 10.0 Å². The van der Waals surface area contributed by atoms with E-state index in [-0.39, 0.29) is 5.91 Å². The van der Waals surface area contributed by atoms with Crippen molar-refractivity contribution in [2.24, 2.45) is 7.05 Å². The van der Waals surface area contributed by atoms with E-state index in [9.17, 15) is 13.2 Å². The van der Waals surface area contributed by atoms with Gasteiger partial charge in [0.2, 0.25) is 15.9 Å². The van der Waals surface area contributed by atoms with Crippen molar-refractivity contribution in [2.75, 3.05) is 18.4 Å². The number of aromatic nitrogens is 2. The Morgan fingerprint density at radius 2 is 1.81 bits per heavy atom. The fourth-order valence-corrected chi connectivity index (χ4v) is 4.79. The van der Waals surface area contributed by atoms with Crippen LogP contribution in [0.2, 0.25) is 0 Å². The number of benzene rings is 1. The highest BCUT2D eigenvalue weighted by Crippen LogP contribution is 2.21. The third kappa shape index (κ3) is 4.75. The minimum Gasteiger partial charge on any atom is -0.311 e. The van der Waals surface area contributed by atoms with Crippen molar-refractivity contribution in [2.45, 2.75) is 43.9 Å². The van der Waals surface area contributed by atoms with Gasteiger partial charge in [-0.1, -0.05) is 18.6 Å². The van der Waals surface area contributed by atoms with Crippen LogP contribution < -0.4 is 5.32 Å². The summed E-state index contributed by atoms with van der Waals surface area (Å²) < 4.78 is 28.5. The molecule has 0 saturated carbocycles. The number of nitrogens with one attached hydrogen (secondary N) is 1. The zero-order valence-corrected chi connectivity index (χ0v) is 16.6. The highest BCUT2D eigenvalue weighted by Gasteiger charge is 2.25. The maximum absolute atomic E-state index is 12.7. The maximum Gasteiger partial charge on any atom is 0.243 e. The summed E-state index contributed by atoms with van der Waals surface area (Å²) in [5.41, 5.74) is 1.78. The summed E-state index contributed by atoms with van der Waals surface area (Å²) in [6, 6.07) is 8.68. The minimum absolute atomic E-state index is 0.0944. The van der Waals surface area contributed by atoms with Crippen LogP contribution >= 0.6 is 0 Å². The summed E-state index contributed by atoms with van der Waals surface area (Å²) in [7, 11) is -1.63. The fourth-order valence-electron chi connectivity index (χ4n) is 3.27. The summed E-state index contributed by atoms with van der Waals surface area (Å²) in [5, 5.41) is 7.03. The first-order valence-corrected chi connectivity index (χ1v) is 10.7. The Labute approximate surface area is 160 Å². The molecule has 0 unspecified atom stereocenters. The smallest absolute Gasteiger partial charge is 0.243 e. The molecule has 1 N–H and O–H groups in total. The summed E-state index contributed by atoms with van der Waals surface area (Å²) in [4.78, 5) is 12.4. The molecule has 1 fully saturated rings. The van der Waals surface area contributed by atoms with E-state index in [1.165, 1.54) is 0 Å². The highest BCUT2D eigenvalue weighted by molar-refractivity contribution is 7.89. The van der Waals surface area contributed by atoms with E-state index in [0.29, 0.717) is 36.6 Å². The molecule has 1 aliphatic heterocycles. The van der Waals surface area contributed by atoms with E-state index in [2.05, 4.69) is 10.4 Å². The molecule has 1 aromatic heterocycles. The third-order valence-corrected chi connectivity index (χ3v) is 6.70. The molecule has 146 valence electrons. The zero-order valence-electron chi connectivity index (χ0n) is 15.8. The Morgan fingerprint density at radius 3 is 2.41 bits per heavy atom. The van der Waals surface area contributed by atoms with Gasteiger partial charge in [0.1, 0.15) is 5.82 Å². The quantitative estimate of drug-likeness (QED) is 0.821. The van der Waals surface area contributed by atoms with E-state index in [0.717, 1.165) is 30.5 Å². The number of hydrogen-bond acceptors (Lipinski definition) is 4. The van der Waals surface area contributed by atoms with Crippen molar-refractivity contribution >= 4 is 21.7 Å². The fraction of sp³-hybridized carbons (Fsp3) is 0.474. The molecule has 7 nitrogen and oxygen atoms in total. The molecule has 0 spiro atoms. The Morgan fingerprint density at radius 1 is 1.15 bits per heavy atom. The highest BCUT2D eigenvalue weighted by atomic mass is 32.2. The number of anilines is 1. The van der Waals surface area contributed by atoms with Crippen LogP contribution in [0.25, 0.3) is 0 Å². The van der Waals surface area contributed by atoms with Gasteiger partial charge >= 0.3 is 0 Å². The van der Waals surface area contributed by atoms with Crippen molar-refractivity contribution in [3.8, 4) is 0 Å². The molecule has 2 aromatic rings. The number of rotatable bonds is 6. The summed E-state index contributed by atoms with van der Waals surface area (Å²) in [6.07, 6.45) is 3.80. The van der Waals surface area contributed by atoms with Crippen molar-refractivity contribution in [3.05, 3.63) is 41.6 Å². The zero-order chi connectivity index (χ0) is 19.4. The molecule has 1 aliphatic rings. The van der Waals surface area contributed by atoms with Crippen molar-refractivity contribution < 1.29 is 13.2 Å².